The van der Waals surface area contributed by atoms with Crippen molar-refractivity contribution in [2.75, 3.05) is 6.61 Å². The van der Waals surface area contributed by atoms with Crippen LogP contribution in [0.25, 0.3) is 0 Å². The number of aliphatic carboxylic acids is 1. The number of ether oxygens (including phenoxy) is 1. The summed E-state index contributed by atoms with van der Waals surface area (Å²) in [4.78, 5) is 23.2. The minimum atomic E-state index is -1.03. The Morgan fingerprint density at radius 3 is 2.65 bits per heavy atom. The van der Waals surface area contributed by atoms with Crippen LogP contribution >= 0.6 is 22.6 Å². The van der Waals surface area contributed by atoms with Gasteiger partial charge in [-0.05, 0) is 53.1 Å². The van der Waals surface area contributed by atoms with Crippen molar-refractivity contribution >= 4 is 34.5 Å². The van der Waals surface area contributed by atoms with E-state index in [2.05, 4.69) is 27.9 Å². The van der Waals surface area contributed by atoms with Gasteiger partial charge in [0.1, 0.15) is 12.1 Å². The van der Waals surface area contributed by atoms with E-state index in [0.29, 0.717) is 13.0 Å². The van der Waals surface area contributed by atoms with Gasteiger partial charge < -0.3 is 15.2 Å². The summed E-state index contributed by atoms with van der Waals surface area (Å²) in [5.41, 5.74) is 0.880. The van der Waals surface area contributed by atoms with Crippen molar-refractivity contribution in [3.8, 4) is 0 Å². The fourth-order valence-corrected chi connectivity index (χ4v) is 2.46. The van der Waals surface area contributed by atoms with Crippen molar-refractivity contribution in [3.05, 3.63) is 33.4 Å². The SMILES string of the molecule is O=C(O)[C@H](Cc1ccc(I)cc1)NC(=O)[C@@H]1CCCO1. The van der Waals surface area contributed by atoms with Crippen LogP contribution in [-0.4, -0.2) is 35.7 Å². The standard InChI is InChI=1S/C14H16INO4/c15-10-5-3-9(4-6-10)8-11(14(18)19)16-13(17)12-2-1-7-20-12/h3-6,11-12H,1-2,7-8H2,(H,16,17)(H,18,19)/t11-,12-/m0/s1. The Morgan fingerprint density at radius 2 is 2.10 bits per heavy atom. The lowest BCUT2D eigenvalue weighted by molar-refractivity contribution is -0.143. The quantitative estimate of drug-likeness (QED) is 0.750. The van der Waals surface area contributed by atoms with Crippen molar-refractivity contribution in [2.24, 2.45) is 0 Å². The number of nitrogens with one attached hydrogen (secondary N) is 1. The molecular weight excluding hydrogens is 373 g/mol. The minimum Gasteiger partial charge on any atom is -0.480 e. The van der Waals surface area contributed by atoms with Gasteiger partial charge in [-0.3, -0.25) is 4.79 Å². The van der Waals surface area contributed by atoms with Crippen molar-refractivity contribution in [3.63, 3.8) is 0 Å². The Labute approximate surface area is 130 Å². The van der Waals surface area contributed by atoms with Gasteiger partial charge in [-0.2, -0.15) is 0 Å². The maximum Gasteiger partial charge on any atom is 0.326 e. The average Bonchev–Trinajstić information content (AvgIpc) is 2.94. The molecule has 1 aliphatic rings. The molecule has 2 atom stereocenters. The molecule has 1 fully saturated rings. The van der Waals surface area contributed by atoms with E-state index in [4.69, 9.17) is 4.74 Å². The van der Waals surface area contributed by atoms with Crippen molar-refractivity contribution in [1.29, 1.82) is 0 Å². The number of amides is 1. The zero-order valence-corrected chi connectivity index (χ0v) is 13.0. The lowest BCUT2D eigenvalue weighted by atomic mass is 10.1. The number of benzene rings is 1. The number of carbonyl (C=O) groups excluding carboxylic acids is 1. The highest BCUT2D eigenvalue weighted by Crippen LogP contribution is 2.13. The Bertz CT molecular complexity index is 482. The van der Waals surface area contributed by atoms with Gasteiger partial charge in [-0.25, -0.2) is 4.79 Å². The molecule has 1 aromatic carbocycles. The molecular formula is C14H16INO4. The van der Waals surface area contributed by atoms with E-state index in [-0.39, 0.29) is 12.3 Å². The van der Waals surface area contributed by atoms with Crippen molar-refractivity contribution < 1.29 is 19.4 Å². The third-order valence-corrected chi connectivity index (χ3v) is 3.91. The lowest BCUT2D eigenvalue weighted by Gasteiger charge is -2.17. The van der Waals surface area contributed by atoms with Crippen LogP contribution in [-0.2, 0) is 20.7 Å². The number of halogens is 1. The van der Waals surface area contributed by atoms with Gasteiger partial charge in [0.05, 0.1) is 0 Å². The molecule has 5 nitrogen and oxygen atoms in total. The van der Waals surface area contributed by atoms with Crippen molar-refractivity contribution in [1.82, 2.24) is 5.32 Å². The highest BCUT2D eigenvalue weighted by atomic mass is 127. The normalized spacial score (nSPS) is 19.6. The van der Waals surface area contributed by atoms with Crippen LogP contribution in [0.1, 0.15) is 18.4 Å². The zero-order chi connectivity index (χ0) is 14.5. The lowest BCUT2D eigenvalue weighted by Crippen LogP contribution is -2.46. The molecule has 2 rings (SSSR count). The summed E-state index contributed by atoms with van der Waals surface area (Å²) in [6.07, 6.45) is 1.26. The van der Waals surface area contributed by atoms with Gasteiger partial charge in [0, 0.05) is 16.6 Å². The van der Waals surface area contributed by atoms with E-state index in [0.717, 1.165) is 15.6 Å². The fraction of sp³-hybridized carbons (Fsp3) is 0.429. The summed E-state index contributed by atoms with van der Waals surface area (Å²) in [7, 11) is 0. The molecule has 1 saturated heterocycles. The summed E-state index contributed by atoms with van der Waals surface area (Å²) < 4.78 is 6.34. The Balaban J connectivity index is 1.98. The third-order valence-electron chi connectivity index (χ3n) is 3.19. The third kappa shape index (κ3) is 4.17. The predicted molar refractivity (Wildman–Crippen MR) is 81.4 cm³/mol. The molecule has 0 saturated carbocycles. The second-order valence-electron chi connectivity index (χ2n) is 4.73. The van der Waals surface area contributed by atoms with Gasteiger partial charge in [-0.1, -0.05) is 12.1 Å². The first-order valence-corrected chi connectivity index (χ1v) is 7.53. The van der Waals surface area contributed by atoms with Gasteiger partial charge >= 0.3 is 5.97 Å². The summed E-state index contributed by atoms with van der Waals surface area (Å²) in [5, 5.41) is 11.8. The second kappa shape index (κ2) is 7.03. The van der Waals surface area contributed by atoms with Gasteiger partial charge in [0.2, 0.25) is 5.91 Å². The maximum atomic E-state index is 11.9. The largest absolute Gasteiger partial charge is 0.480 e. The minimum absolute atomic E-state index is 0.269. The molecule has 0 aliphatic carbocycles. The van der Waals surface area contributed by atoms with Gasteiger partial charge in [0.15, 0.2) is 0 Å². The van der Waals surface area contributed by atoms with Crippen LogP contribution in [0.4, 0.5) is 0 Å². The van der Waals surface area contributed by atoms with Crippen LogP contribution in [0.3, 0.4) is 0 Å². The second-order valence-corrected chi connectivity index (χ2v) is 5.98. The molecule has 1 heterocycles. The van der Waals surface area contributed by atoms with Crippen LogP contribution in [0.15, 0.2) is 24.3 Å². The van der Waals surface area contributed by atoms with E-state index < -0.39 is 18.1 Å². The molecule has 20 heavy (non-hydrogen) atoms. The highest BCUT2D eigenvalue weighted by molar-refractivity contribution is 14.1. The molecule has 0 unspecified atom stereocenters. The van der Waals surface area contributed by atoms with Crippen LogP contribution < -0.4 is 5.32 Å². The molecule has 1 amide bonds. The number of hydrogen-bond donors (Lipinski definition) is 2. The first kappa shape index (κ1) is 15.2. The number of carboxylic acids is 1. The predicted octanol–water partition coefficient (Wildman–Crippen LogP) is 1.58. The highest BCUT2D eigenvalue weighted by Gasteiger charge is 2.28. The summed E-state index contributed by atoms with van der Waals surface area (Å²) >= 11 is 2.19. The fourth-order valence-electron chi connectivity index (χ4n) is 2.11. The molecule has 6 heteroatoms. The first-order chi connectivity index (χ1) is 9.56. The van der Waals surface area contributed by atoms with Crippen LogP contribution in [0, 0.1) is 3.57 Å². The summed E-state index contributed by atoms with van der Waals surface area (Å²) in [5.74, 6) is -1.37. The molecule has 2 N–H and O–H groups in total. The first-order valence-electron chi connectivity index (χ1n) is 6.45. The molecule has 1 aliphatic heterocycles. The van der Waals surface area contributed by atoms with Gasteiger partial charge in [-0.15, -0.1) is 0 Å². The summed E-state index contributed by atoms with van der Waals surface area (Å²) in [6, 6.07) is 6.64. The topological polar surface area (TPSA) is 75.6 Å². The zero-order valence-electron chi connectivity index (χ0n) is 10.8. The van der Waals surface area contributed by atoms with Gasteiger partial charge in [0.25, 0.3) is 0 Å². The molecule has 1 aromatic rings. The van der Waals surface area contributed by atoms with E-state index in [1.54, 1.807) is 0 Å². The molecule has 108 valence electrons. The monoisotopic (exact) mass is 389 g/mol. The average molecular weight is 389 g/mol. The molecule has 0 aromatic heterocycles. The smallest absolute Gasteiger partial charge is 0.326 e. The number of rotatable bonds is 5. The molecule has 0 radical (unpaired) electrons. The molecule has 0 bridgehead atoms. The van der Waals surface area contributed by atoms with E-state index in [9.17, 15) is 14.7 Å². The van der Waals surface area contributed by atoms with E-state index in [1.165, 1.54) is 0 Å². The Morgan fingerprint density at radius 1 is 1.40 bits per heavy atom. The number of carboxylic acid groups (broad SMARTS) is 1. The Kier molecular flexibility index (Phi) is 5.36. The van der Waals surface area contributed by atoms with Crippen LogP contribution in [0.2, 0.25) is 0 Å². The van der Waals surface area contributed by atoms with Crippen LogP contribution in [0.5, 0.6) is 0 Å². The number of hydrogen-bond acceptors (Lipinski definition) is 3. The molecule has 0 spiro atoms. The number of carbonyl (C=O) groups is 2. The van der Waals surface area contributed by atoms with E-state index in [1.807, 2.05) is 24.3 Å². The Hall–Kier alpha value is -1.15. The van der Waals surface area contributed by atoms with Crippen molar-refractivity contribution in [2.45, 2.75) is 31.4 Å². The maximum absolute atomic E-state index is 11.9. The van der Waals surface area contributed by atoms with E-state index >= 15 is 0 Å². The summed E-state index contributed by atoms with van der Waals surface area (Å²) in [6.45, 7) is 0.562.